The lowest BCUT2D eigenvalue weighted by molar-refractivity contribution is -0.157. The zero-order chi connectivity index (χ0) is 13.7. The SMILES string of the molecule is NCC(O)CN1CCN(CC(O)CN)C(=O)C1=O. The van der Waals surface area contributed by atoms with Crippen molar-refractivity contribution in [2.45, 2.75) is 12.2 Å². The molecule has 1 aliphatic heterocycles. The normalized spacial score (nSPS) is 20.2. The van der Waals surface area contributed by atoms with Gasteiger partial charge in [-0.25, -0.2) is 0 Å². The van der Waals surface area contributed by atoms with Gasteiger partial charge in [-0.3, -0.25) is 9.59 Å². The highest BCUT2D eigenvalue weighted by Crippen LogP contribution is 2.06. The average Bonchev–Trinajstić information content (AvgIpc) is 2.37. The molecule has 0 radical (unpaired) electrons. The number of nitrogens with two attached hydrogens (primary N) is 2. The number of rotatable bonds is 6. The van der Waals surface area contributed by atoms with Crippen molar-refractivity contribution in [2.75, 3.05) is 39.3 Å². The largest absolute Gasteiger partial charge is 0.390 e. The van der Waals surface area contributed by atoms with Gasteiger partial charge < -0.3 is 31.5 Å². The molecule has 6 N–H and O–H groups in total. The van der Waals surface area contributed by atoms with Gasteiger partial charge in [0.05, 0.1) is 12.2 Å². The second-order valence-corrected chi connectivity index (χ2v) is 4.28. The van der Waals surface area contributed by atoms with E-state index in [0.29, 0.717) is 13.1 Å². The molecule has 2 atom stereocenters. The third-order valence-corrected chi connectivity index (χ3v) is 2.80. The van der Waals surface area contributed by atoms with Crippen molar-refractivity contribution < 1.29 is 19.8 Å². The van der Waals surface area contributed by atoms with Gasteiger partial charge in [0.25, 0.3) is 0 Å². The van der Waals surface area contributed by atoms with Crippen LogP contribution >= 0.6 is 0 Å². The number of aliphatic hydroxyl groups is 2. The second kappa shape index (κ2) is 6.64. The first-order valence-corrected chi connectivity index (χ1v) is 5.84. The molecule has 2 amide bonds. The van der Waals surface area contributed by atoms with Crippen LogP contribution in [0.25, 0.3) is 0 Å². The van der Waals surface area contributed by atoms with Crippen LogP contribution in [0.3, 0.4) is 0 Å². The van der Waals surface area contributed by atoms with Crippen molar-refractivity contribution in [3.8, 4) is 0 Å². The maximum Gasteiger partial charge on any atom is 0.312 e. The van der Waals surface area contributed by atoms with E-state index in [-0.39, 0.29) is 26.2 Å². The molecule has 2 unspecified atom stereocenters. The summed E-state index contributed by atoms with van der Waals surface area (Å²) < 4.78 is 0. The number of carbonyl (C=O) groups excluding carboxylic acids is 2. The van der Waals surface area contributed by atoms with E-state index in [4.69, 9.17) is 11.5 Å². The Hall–Kier alpha value is -1.22. The van der Waals surface area contributed by atoms with Crippen molar-refractivity contribution >= 4 is 11.8 Å². The molecule has 1 rings (SSSR count). The molecule has 8 nitrogen and oxygen atoms in total. The first-order valence-electron chi connectivity index (χ1n) is 5.84. The van der Waals surface area contributed by atoms with Crippen LogP contribution < -0.4 is 11.5 Å². The Morgan fingerprint density at radius 2 is 1.28 bits per heavy atom. The van der Waals surface area contributed by atoms with Gasteiger partial charge in [0.2, 0.25) is 0 Å². The standard InChI is InChI=1S/C10H20N4O4/c11-3-7(15)5-13-1-2-14(6-8(16)4-12)10(18)9(13)17/h7-8,15-16H,1-6,11-12H2. The molecule has 104 valence electrons. The summed E-state index contributed by atoms with van der Waals surface area (Å²) in [6, 6.07) is 0. The third kappa shape index (κ3) is 3.64. The first kappa shape index (κ1) is 14.8. The van der Waals surface area contributed by atoms with Gasteiger partial charge in [-0.15, -0.1) is 0 Å². The predicted molar refractivity (Wildman–Crippen MR) is 63.3 cm³/mol. The van der Waals surface area contributed by atoms with Gasteiger partial charge in [-0.1, -0.05) is 0 Å². The lowest BCUT2D eigenvalue weighted by Gasteiger charge is -2.35. The Bertz CT molecular complexity index is 282. The Labute approximate surface area is 105 Å². The number of hydrogen-bond donors (Lipinski definition) is 4. The Balaban J connectivity index is 2.55. The number of piperazine rings is 1. The molecule has 0 spiro atoms. The van der Waals surface area contributed by atoms with E-state index < -0.39 is 24.0 Å². The van der Waals surface area contributed by atoms with E-state index in [1.54, 1.807) is 0 Å². The number of amides is 2. The maximum atomic E-state index is 11.7. The topological polar surface area (TPSA) is 133 Å². The Morgan fingerprint density at radius 1 is 0.944 bits per heavy atom. The first-order chi connectivity index (χ1) is 8.49. The van der Waals surface area contributed by atoms with Crippen LogP contribution in [0.4, 0.5) is 0 Å². The maximum absolute atomic E-state index is 11.7. The molecule has 0 saturated carbocycles. The van der Waals surface area contributed by atoms with Gasteiger partial charge in [0, 0.05) is 39.3 Å². The Morgan fingerprint density at radius 3 is 1.56 bits per heavy atom. The molecule has 18 heavy (non-hydrogen) atoms. The molecule has 0 aromatic carbocycles. The molecule has 0 aromatic heterocycles. The highest BCUT2D eigenvalue weighted by molar-refractivity contribution is 6.35. The summed E-state index contributed by atoms with van der Waals surface area (Å²) in [6.07, 6.45) is -1.66. The molecule has 0 aromatic rings. The fraction of sp³-hybridized carbons (Fsp3) is 0.800. The van der Waals surface area contributed by atoms with Gasteiger partial charge in [0.1, 0.15) is 0 Å². The van der Waals surface area contributed by atoms with Crippen molar-refractivity contribution in [3.05, 3.63) is 0 Å². The highest BCUT2D eigenvalue weighted by atomic mass is 16.3. The number of hydrogen-bond acceptors (Lipinski definition) is 6. The van der Waals surface area contributed by atoms with Crippen LogP contribution in [0.2, 0.25) is 0 Å². The minimum absolute atomic E-state index is 0.0353. The number of aliphatic hydroxyl groups excluding tert-OH is 2. The van der Waals surface area contributed by atoms with Crippen LogP contribution in [0.15, 0.2) is 0 Å². The van der Waals surface area contributed by atoms with Gasteiger partial charge >= 0.3 is 11.8 Å². The minimum atomic E-state index is -0.831. The van der Waals surface area contributed by atoms with E-state index in [1.807, 2.05) is 0 Å². The smallest absolute Gasteiger partial charge is 0.312 e. The quantitative estimate of drug-likeness (QED) is 0.363. The van der Waals surface area contributed by atoms with E-state index in [0.717, 1.165) is 0 Å². The molecule has 1 fully saturated rings. The predicted octanol–water partition coefficient (Wildman–Crippen LogP) is -3.70. The summed E-state index contributed by atoms with van der Waals surface area (Å²) in [5.74, 6) is -1.36. The molecule has 8 heteroatoms. The molecule has 1 aliphatic rings. The lowest BCUT2D eigenvalue weighted by Crippen LogP contribution is -2.57. The third-order valence-electron chi connectivity index (χ3n) is 2.80. The van der Waals surface area contributed by atoms with E-state index in [9.17, 15) is 19.8 Å². The fourth-order valence-electron chi connectivity index (χ4n) is 1.72. The molecule has 1 heterocycles. The summed E-state index contributed by atoms with van der Waals surface area (Å²) in [5, 5.41) is 18.7. The van der Waals surface area contributed by atoms with Crippen LogP contribution in [0.1, 0.15) is 0 Å². The van der Waals surface area contributed by atoms with Crippen LogP contribution in [-0.4, -0.2) is 83.3 Å². The average molecular weight is 260 g/mol. The molecular formula is C10H20N4O4. The second-order valence-electron chi connectivity index (χ2n) is 4.28. The zero-order valence-corrected chi connectivity index (χ0v) is 10.2. The minimum Gasteiger partial charge on any atom is -0.390 e. The van der Waals surface area contributed by atoms with E-state index in [2.05, 4.69) is 0 Å². The van der Waals surface area contributed by atoms with Gasteiger partial charge in [-0.2, -0.15) is 0 Å². The molecule has 0 aliphatic carbocycles. The van der Waals surface area contributed by atoms with Crippen molar-refractivity contribution in [1.29, 1.82) is 0 Å². The summed E-state index contributed by atoms with van der Waals surface area (Å²) in [7, 11) is 0. The van der Waals surface area contributed by atoms with E-state index in [1.165, 1.54) is 9.80 Å². The number of nitrogens with zero attached hydrogens (tertiary/aromatic N) is 2. The summed E-state index contributed by atoms with van der Waals surface area (Å²) >= 11 is 0. The summed E-state index contributed by atoms with van der Waals surface area (Å²) in [5.41, 5.74) is 10.5. The Kier molecular flexibility index (Phi) is 5.48. The van der Waals surface area contributed by atoms with Gasteiger partial charge in [-0.05, 0) is 0 Å². The van der Waals surface area contributed by atoms with Crippen molar-refractivity contribution in [1.82, 2.24) is 9.80 Å². The number of β-amino-alcohol motifs (C(OH)–C–C–N with tert-alkyl or cyclic N) is 2. The van der Waals surface area contributed by atoms with Crippen molar-refractivity contribution in [2.24, 2.45) is 11.5 Å². The fourth-order valence-corrected chi connectivity index (χ4v) is 1.72. The van der Waals surface area contributed by atoms with Gasteiger partial charge in [0.15, 0.2) is 0 Å². The monoisotopic (exact) mass is 260 g/mol. The van der Waals surface area contributed by atoms with E-state index >= 15 is 0 Å². The number of carbonyl (C=O) groups is 2. The highest BCUT2D eigenvalue weighted by Gasteiger charge is 2.33. The molecular weight excluding hydrogens is 240 g/mol. The van der Waals surface area contributed by atoms with Crippen LogP contribution in [-0.2, 0) is 9.59 Å². The molecule has 1 saturated heterocycles. The lowest BCUT2D eigenvalue weighted by atomic mass is 10.2. The summed E-state index contributed by atoms with van der Waals surface area (Å²) in [4.78, 5) is 26.0. The summed E-state index contributed by atoms with van der Waals surface area (Å²) in [6.45, 7) is 0.807. The van der Waals surface area contributed by atoms with Crippen molar-refractivity contribution in [3.63, 3.8) is 0 Å². The zero-order valence-electron chi connectivity index (χ0n) is 10.2. The molecule has 0 bridgehead atoms. The van der Waals surface area contributed by atoms with Crippen LogP contribution in [0.5, 0.6) is 0 Å². The van der Waals surface area contributed by atoms with Crippen LogP contribution in [0, 0.1) is 0 Å².